The summed E-state index contributed by atoms with van der Waals surface area (Å²) in [6.45, 7) is 9.83. The highest BCUT2D eigenvalue weighted by Crippen LogP contribution is 2.13. The van der Waals surface area contributed by atoms with E-state index >= 15 is 0 Å². The summed E-state index contributed by atoms with van der Waals surface area (Å²) >= 11 is 0. The lowest BCUT2D eigenvalue weighted by Gasteiger charge is -2.03. The molecule has 0 amide bonds. The number of hydrogen-bond acceptors (Lipinski definition) is 1. The molecule has 0 aliphatic rings. The zero-order chi connectivity index (χ0) is 11.3. The van der Waals surface area contributed by atoms with Crippen LogP contribution in [0.3, 0.4) is 0 Å². The maximum absolute atomic E-state index is 4.45. The van der Waals surface area contributed by atoms with E-state index in [1.165, 1.54) is 5.56 Å². The third kappa shape index (κ3) is 2.94. The van der Waals surface area contributed by atoms with E-state index in [1.807, 2.05) is 36.9 Å². The van der Waals surface area contributed by atoms with Crippen LogP contribution in [0.15, 0.2) is 37.1 Å². The highest BCUT2D eigenvalue weighted by atomic mass is 15.3. The number of nitrogens with zero attached hydrogens (tertiary/aromatic N) is 2. The van der Waals surface area contributed by atoms with Gasteiger partial charge in [-0.05, 0) is 32.4 Å². The lowest BCUT2D eigenvalue weighted by Crippen LogP contribution is -1.97. The number of aryl methyl sites for hydroxylation is 2. The van der Waals surface area contributed by atoms with Crippen LogP contribution in [0, 0.1) is 13.8 Å². The van der Waals surface area contributed by atoms with Crippen LogP contribution < -0.4 is 0 Å². The van der Waals surface area contributed by atoms with E-state index in [1.54, 1.807) is 6.08 Å². The van der Waals surface area contributed by atoms with Crippen molar-refractivity contribution >= 4 is 5.70 Å². The van der Waals surface area contributed by atoms with Crippen molar-refractivity contribution in [2.24, 2.45) is 0 Å². The van der Waals surface area contributed by atoms with Crippen molar-refractivity contribution in [2.75, 3.05) is 0 Å². The summed E-state index contributed by atoms with van der Waals surface area (Å²) in [6, 6.07) is 0. The molecule has 0 N–H and O–H groups in total. The molecular formula is C13H18N2. The van der Waals surface area contributed by atoms with Gasteiger partial charge in [-0.2, -0.15) is 5.10 Å². The predicted molar refractivity (Wildman–Crippen MR) is 65.6 cm³/mol. The smallest absolute Gasteiger partial charge is 0.0627 e. The van der Waals surface area contributed by atoms with Gasteiger partial charge < -0.3 is 0 Å². The number of aromatic nitrogens is 2. The first-order valence-electron chi connectivity index (χ1n) is 5.15. The van der Waals surface area contributed by atoms with Gasteiger partial charge in [-0.3, -0.25) is 0 Å². The molecule has 0 aliphatic carbocycles. The summed E-state index contributed by atoms with van der Waals surface area (Å²) in [5, 5.41) is 4.45. The van der Waals surface area contributed by atoms with Crippen LogP contribution in [0.1, 0.15) is 24.6 Å². The van der Waals surface area contributed by atoms with E-state index < -0.39 is 0 Å². The molecule has 0 unspecified atom stereocenters. The van der Waals surface area contributed by atoms with E-state index in [9.17, 15) is 0 Å². The highest BCUT2D eigenvalue weighted by Gasteiger charge is 2.02. The van der Waals surface area contributed by atoms with Gasteiger partial charge in [-0.25, -0.2) is 4.68 Å². The van der Waals surface area contributed by atoms with Crippen LogP contribution in [0.25, 0.3) is 5.70 Å². The molecule has 0 saturated heterocycles. The Morgan fingerprint density at radius 1 is 1.53 bits per heavy atom. The summed E-state index contributed by atoms with van der Waals surface area (Å²) in [4.78, 5) is 0. The van der Waals surface area contributed by atoms with Crippen molar-refractivity contribution in [3.05, 3.63) is 48.3 Å². The highest BCUT2D eigenvalue weighted by molar-refractivity contribution is 5.49. The Bertz CT molecular complexity index is 375. The van der Waals surface area contributed by atoms with Crippen LogP contribution in [0.4, 0.5) is 0 Å². The Morgan fingerprint density at radius 3 is 2.73 bits per heavy atom. The molecule has 2 nitrogen and oxygen atoms in total. The summed E-state index contributed by atoms with van der Waals surface area (Å²) in [5.74, 6) is 0. The van der Waals surface area contributed by atoms with E-state index in [2.05, 4.69) is 24.7 Å². The van der Waals surface area contributed by atoms with Crippen LogP contribution in [0.2, 0.25) is 0 Å². The fourth-order valence-electron chi connectivity index (χ4n) is 1.31. The Morgan fingerprint density at radius 2 is 2.27 bits per heavy atom. The number of allylic oxidation sites excluding steroid dienone is 5. The molecule has 0 radical (unpaired) electrons. The minimum atomic E-state index is 0.878. The average molecular weight is 202 g/mol. The summed E-state index contributed by atoms with van der Waals surface area (Å²) in [6.07, 6.45) is 10.9. The van der Waals surface area contributed by atoms with Gasteiger partial charge in [0.25, 0.3) is 0 Å². The standard InChI is InChI=1S/C13H18N2/c1-5-7-9-13(8-6-2)15-10-11(3)12(4)14-15/h5-8,10H,2,9H2,1,3-4H3/b7-5?,13-8+. The molecule has 1 aromatic heterocycles. The van der Waals surface area contributed by atoms with Gasteiger partial charge in [0.05, 0.1) is 5.69 Å². The molecule has 0 spiro atoms. The zero-order valence-corrected chi connectivity index (χ0v) is 9.70. The predicted octanol–water partition coefficient (Wildman–Crippen LogP) is 3.49. The quantitative estimate of drug-likeness (QED) is 0.540. The Kier molecular flexibility index (Phi) is 4.10. The van der Waals surface area contributed by atoms with Crippen molar-refractivity contribution < 1.29 is 0 Å². The topological polar surface area (TPSA) is 17.8 Å². The third-order valence-corrected chi connectivity index (χ3v) is 2.31. The zero-order valence-electron chi connectivity index (χ0n) is 9.70. The molecule has 1 heterocycles. The first kappa shape index (κ1) is 11.5. The number of rotatable bonds is 4. The van der Waals surface area contributed by atoms with Gasteiger partial charge in [0.1, 0.15) is 0 Å². The molecule has 0 atom stereocenters. The van der Waals surface area contributed by atoms with Gasteiger partial charge in [0.15, 0.2) is 0 Å². The maximum Gasteiger partial charge on any atom is 0.0627 e. The second-order valence-corrected chi connectivity index (χ2v) is 3.51. The van der Waals surface area contributed by atoms with E-state index in [-0.39, 0.29) is 0 Å². The minimum Gasteiger partial charge on any atom is -0.244 e. The third-order valence-electron chi connectivity index (χ3n) is 2.31. The molecule has 1 rings (SSSR count). The average Bonchev–Trinajstić information content (AvgIpc) is 2.54. The molecular weight excluding hydrogens is 184 g/mol. The Balaban J connectivity index is 2.99. The molecule has 0 fully saturated rings. The summed E-state index contributed by atoms with van der Waals surface area (Å²) < 4.78 is 1.92. The molecule has 80 valence electrons. The molecule has 15 heavy (non-hydrogen) atoms. The summed E-state index contributed by atoms with van der Waals surface area (Å²) in [5.41, 5.74) is 3.43. The van der Waals surface area contributed by atoms with Gasteiger partial charge >= 0.3 is 0 Å². The molecule has 0 aliphatic heterocycles. The van der Waals surface area contributed by atoms with E-state index in [4.69, 9.17) is 0 Å². The largest absolute Gasteiger partial charge is 0.244 e. The lowest BCUT2D eigenvalue weighted by molar-refractivity contribution is 0.861. The van der Waals surface area contributed by atoms with E-state index in [0.717, 1.165) is 17.8 Å². The normalized spacial score (nSPS) is 12.3. The van der Waals surface area contributed by atoms with E-state index in [0.29, 0.717) is 0 Å². The Labute approximate surface area is 91.6 Å². The maximum atomic E-state index is 4.45. The van der Waals surface area contributed by atoms with Crippen molar-refractivity contribution in [3.63, 3.8) is 0 Å². The fourth-order valence-corrected chi connectivity index (χ4v) is 1.31. The molecule has 2 heteroatoms. The monoisotopic (exact) mass is 202 g/mol. The van der Waals surface area contributed by atoms with Crippen molar-refractivity contribution in [1.29, 1.82) is 0 Å². The van der Waals surface area contributed by atoms with Crippen molar-refractivity contribution in [1.82, 2.24) is 9.78 Å². The second-order valence-electron chi connectivity index (χ2n) is 3.51. The minimum absolute atomic E-state index is 0.878. The van der Waals surface area contributed by atoms with Gasteiger partial charge in [0, 0.05) is 18.3 Å². The lowest BCUT2D eigenvalue weighted by atomic mass is 10.2. The van der Waals surface area contributed by atoms with Crippen LogP contribution in [-0.2, 0) is 0 Å². The van der Waals surface area contributed by atoms with Gasteiger partial charge in [-0.1, -0.05) is 24.8 Å². The van der Waals surface area contributed by atoms with Gasteiger partial charge in [-0.15, -0.1) is 0 Å². The first-order valence-corrected chi connectivity index (χ1v) is 5.15. The molecule has 0 bridgehead atoms. The van der Waals surface area contributed by atoms with Crippen LogP contribution >= 0.6 is 0 Å². The summed E-state index contributed by atoms with van der Waals surface area (Å²) in [7, 11) is 0. The van der Waals surface area contributed by atoms with Crippen molar-refractivity contribution in [3.8, 4) is 0 Å². The van der Waals surface area contributed by atoms with Crippen molar-refractivity contribution in [2.45, 2.75) is 27.2 Å². The van der Waals surface area contributed by atoms with Gasteiger partial charge in [0.2, 0.25) is 0 Å². The SMILES string of the molecule is C=C/C=C(\CC=CC)n1cc(C)c(C)n1. The Hall–Kier alpha value is -1.57. The van der Waals surface area contributed by atoms with Crippen LogP contribution in [-0.4, -0.2) is 9.78 Å². The molecule has 0 saturated carbocycles. The van der Waals surface area contributed by atoms with Crippen LogP contribution in [0.5, 0.6) is 0 Å². The number of hydrogen-bond donors (Lipinski definition) is 0. The molecule has 0 aromatic carbocycles. The first-order chi connectivity index (χ1) is 7.19. The molecule has 1 aromatic rings. The fraction of sp³-hybridized carbons (Fsp3) is 0.308. The second kappa shape index (κ2) is 5.35.